The maximum Gasteiger partial charge on any atom is -0.0394 e. The second kappa shape index (κ2) is 6.45. The van der Waals surface area contributed by atoms with Gasteiger partial charge in [0.05, 0.1) is 0 Å². The summed E-state index contributed by atoms with van der Waals surface area (Å²) in [6.07, 6.45) is 4.18. The van der Waals surface area contributed by atoms with E-state index < -0.39 is 0 Å². The zero-order chi connectivity index (χ0) is 10.4. The molecule has 0 aromatic rings. The van der Waals surface area contributed by atoms with E-state index in [1.54, 1.807) is 0 Å². The lowest BCUT2D eigenvalue weighted by molar-refractivity contribution is 0.290. The second-order valence-electron chi connectivity index (χ2n) is 5.21. The SMILES string of the molecule is CC[C@H](CC[C@@H](C)C(C)C)C(C)C. The molecule has 0 bridgehead atoms. The molecule has 0 aromatic heterocycles. The first-order valence-electron chi connectivity index (χ1n) is 5.99. The van der Waals surface area contributed by atoms with Gasteiger partial charge < -0.3 is 0 Å². The maximum atomic E-state index is 2.39. The average molecular weight is 184 g/mol. The Morgan fingerprint density at radius 2 is 1.31 bits per heavy atom. The van der Waals surface area contributed by atoms with Gasteiger partial charge >= 0.3 is 0 Å². The summed E-state index contributed by atoms with van der Waals surface area (Å²) >= 11 is 0. The third kappa shape index (κ3) is 5.33. The summed E-state index contributed by atoms with van der Waals surface area (Å²) in [5.41, 5.74) is 0. The van der Waals surface area contributed by atoms with Crippen LogP contribution >= 0.6 is 0 Å². The summed E-state index contributed by atoms with van der Waals surface area (Å²) in [6, 6.07) is 0. The minimum absolute atomic E-state index is 0.852. The van der Waals surface area contributed by atoms with E-state index >= 15 is 0 Å². The van der Waals surface area contributed by atoms with E-state index in [2.05, 4.69) is 41.5 Å². The molecular formula is C13H28. The molecule has 0 unspecified atom stereocenters. The third-order valence-electron chi connectivity index (χ3n) is 3.60. The molecule has 13 heavy (non-hydrogen) atoms. The molecule has 80 valence electrons. The molecule has 0 saturated carbocycles. The topological polar surface area (TPSA) is 0 Å². The maximum absolute atomic E-state index is 2.39. The molecule has 0 aromatic carbocycles. The molecule has 0 aliphatic rings. The van der Waals surface area contributed by atoms with Crippen LogP contribution in [0.4, 0.5) is 0 Å². The fourth-order valence-electron chi connectivity index (χ4n) is 1.82. The Kier molecular flexibility index (Phi) is 6.45. The van der Waals surface area contributed by atoms with Crippen molar-refractivity contribution in [3.8, 4) is 0 Å². The first-order chi connectivity index (χ1) is 5.99. The first kappa shape index (κ1) is 13.0. The zero-order valence-electron chi connectivity index (χ0n) is 10.4. The van der Waals surface area contributed by atoms with Crippen LogP contribution < -0.4 is 0 Å². The Bertz CT molecular complexity index is 113. The van der Waals surface area contributed by atoms with Crippen molar-refractivity contribution in [1.29, 1.82) is 0 Å². The van der Waals surface area contributed by atoms with E-state index in [-0.39, 0.29) is 0 Å². The van der Waals surface area contributed by atoms with Crippen LogP contribution in [-0.2, 0) is 0 Å². The van der Waals surface area contributed by atoms with E-state index in [0.717, 1.165) is 23.7 Å². The van der Waals surface area contributed by atoms with Gasteiger partial charge in [0, 0.05) is 0 Å². The summed E-state index contributed by atoms with van der Waals surface area (Å²) < 4.78 is 0. The fraction of sp³-hybridized carbons (Fsp3) is 1.00. The van der Waals surface area contributed by atoms with Gasteiger partial charge in [-0.2, -0.15) is 0 Å². The Morgan fingerprint density at radius 1 is 0.769 bits per heavy atom. The summed E-state index contributed by atoms with van der Waals surface area (Å²) in [5, 5.41) is 0. The van der Waals surface area contributed by atoms with Crippen molar-refractivity contribution in [3.05, 3.63) is 0 Å². The van der Waals surface area contributed by atoms with Crippen LogP contribution in [-0.4, -0.2) is 0 Å². The number of rotatable bonds is 6. The van der Waals surface area contributed by atoms with Gasteiger partial charge in [-0.1, -0.05) is 54.4 Å². The van der Waals surface area contributed by atoms with Crippen LogP contribution in [0.3, 0.4) is 0 Å². The van der Waals surface area contributed by atoms with E-state index in [9.17, 15) is 0 Å². The van der Waals surface area contributed by atoms with Crippen molar-refractivity contribution < 1.29 is 0 Å². The lowest BCUT2D eigenvalue weighted by atomic mass is 9.84. The predicted octanol–water partition coefficient (Wildman–Crippen LogP) is 4.74. The van der Waals surface area contributed by atoms with Crippen molar-refractivity contribution in [3.63, 3.8) is 0 Å². The Labute approximate surface area is 85.1 Å². The van der Waals surface area contributed by atoms with Crippen molar-refractivity contribution in [2.75, 3.05) is 0 Å². The highest BCUT2D eigenvalue weighted by molar-refractivity contribution is 4.65. The molecule has 0 heterocycles. The molecule has 0 aliphatic heterocycles. The lowest BCUT2D eigenvalue weighted by Crippen LogP contribution is -2.11. The first-order valence-corrected chi connectivity index (χ1v) is 5.99. The highest BCUT2D eigenvalue weighted by Gasteiger charge is 2.14. The summed E-state index contributed by atoms with van der Waals surface area (Å²) in [5.74, 6) is 3.56. The van der Waals surface area contributed by atoms with Crippen LogP contribution in [0, 0.1) is 23.7 Å². The van der Waals surface area contributed by atoms with Crippen LogP contribution in [0.5, 0.6) is 0 Å². The second-order valence-corrected chi connectivity index (χ2v) is 5.21. The molecule has 0 spiro atoms. The van der Waals surface area contributed by atoms with Gasteiger partial charge in [-0.05, 0) is 30.1 Å². The minimum Gasteiger partial charge on any atom is -0.0651 e. The molecule has 0 heteroatoms. The standard InChI is InChI=1S/C13H28/c1-7-13(11(4)5)9-8-12(6)10(2)3/h10-13H,7-9H2,1-6H3/t12-,13-/m1/s1. The summed E-state index contributed by atoms with van der Waals surface area (Å²) in [4.78, 5) is 0. The molecule has 0 saturated heterocycles. The van der Waals surface area contributed by atoms with Crippen molar-refractivity contribution in [2.24, 2.45) is 23.7 Å². The minimum atomic E-state index is 0.852. The smallest absolute Gasteiger partial charge is 0.0394 e. The van der Waals surface area contributed by atoms with Crippen molar-refractivity contribution in [1.82, 2.24) is 0 Å². The van der Waals surface area contributed by atoms with Gasteiger partial charge in [0.2, 0.25) is 0 Å². The summed E-state index contributed by atoms with van der Waals surface area (Å²) in [6.45, 7) is 14.1. The number of hydrogen-bond acceptors (Lipinski definition) is 0. The van der Waals surface area contributed by atoms with Crippen LogP contribution in [0.2, 0.25) is 0 Å². The average Bonchev–Trinajstić information content (AvgIpc) is 2.04. The van der Waals surface area contributed by atoms with Crippen LogP contribution in [0.25, 0.3) is 0 Å². The van der Waals surface area contributed by atoms with Gasteiger partial charge in [0.15, 0.2) is 0 Å². The van der Waals surface area contributed by atoms with E-state index in [1.807, 2.05) is 0 Å². The molecule has 0 fully saturated rings. The van der Waals surface area contributed by atoms with Gasteiger partial charge in [0.1, 0.15) is 0 Å². The normalized spacial score (nSPS) is 16.6. The Morgan fingerprint density at radius 3 is 1.62 bits per heavy atom. The quantitative estimate of drug-likeness (QED) is 0.559. The van der Waals surface area contributed by atoms with Gasteiger partial charge in [0.25, 0.3) is 0 Å². The zero-order valence-corrected chi connectivity index (χ0v) is 10.4. The van der Waals surface area contributed by atoms with Crippen molar-refractivity contribution >= 4 is 0 Å². The van der Waals surface area contributed by atoms with E-state index in [1.165, 1.54) is 19.3 Å². The molecule has 0 rings (SSSR count). The Hall–Kier alpha value is 0. The van der Waals surface area contributed by atoms with E-state index in [4.69, 9.17) is 0 Å². The molecule has 0 amide bonds. The predicted molar refractivity (Wildman–Crippen MR) is 61.9 cm³/mol. The van der Waals surface area contributed by atoms with Gasteiger partial charge in [-0.3, -0.25) is 0 Å². The van der Waals surface area contributed by atoms with Crippen molar-refractivity contribution in [2.45, 2.75) is 60.8 Å². The largest absolute Gasteiger partial charge is 0.0651 e. The molecule has 0 N–H and O–H groups in total. The molecule has 0 aliphatic carbocycles. The fourth-order valence-corrected chi connectivity index (χ4v) is 1.82. The van der Waals surface area contributed by atoms with E-state index in [0.29, 0.717) is 0 Å². The monoisotopic (exact) mass is 184 g/mol. The van der Waals surface area contributed by atoms with Crippen LogP contribution in [0.15, 0.2) is 0 Å². The molecule has 2 atom stereocenters. The summed E-state index contributed by atoms with van der Waals surface area (Å²) in [7, 11) is 0. The van der Waals surface area contributed by atoms with Crippen LogP contribution in [0.1, 0.15) is 60.8 Å². The van der Waals surface area contributed by atoms with Gasteiger partial charge in [-0.25, -0.2) is 0 Å². The number of hydrogen-bond donors (Lipinski definition) is 0. The van der Waals surface area contributed by atoms with Gasteiger partial charge in [-0.15, -0.1) is 0 Å². The molecule has 0 nitrogen and oxygen atoms in total. The lowest BCUT2D eigenvalue weighted by Gasteiger charge is -2.22. The molecule has 0 radical (unpaired) electrons. The third-order valence-corrected chi connectivity index (χ3v) is 3.60. The Balaban J connectivity index is 3.72. The molecular weight excluding hydrogens is 156 g/mol. The highest BCUT2D eigenvalue weighted by atomic mass is 14.2. The highest BCUT2D eigenvalue weighted by Crippen LogP contribution is 2.25.